The number of carbonyl (C=O) groups excluding carboxylic acids is 2. The molecule has 0 saturated carbocycles. The first kappa shape index (κ1) is 20.3. The van der Waals surface area contributed by atoms with Gasteiger partial charge in [-0.15, -0.1) is 0 Å². The van der Waals surface area contributed by atoms with Crippen molar-refractivity contribution in [3.05, 3.63) is 46.3 Å². The number of fused-ring (bicyclic) bond motifs is 1. The molecule has 1 N–H and O–H groups in total. The molecular weight excluding hydrogens is 384 g/mol. The van der Waals surface area contributed by atoms with Gasteiger partial charge in [-0.3, -0.25) is 4.79 Å². The van der Waals surface area contributed by atoms with Crippen LogP contribution in [0, 0.1) is 13.8 Å². The monoisotopic (exact) mass is 412 g/mol. The normalized spacial score (nSPS) is 18.0. The molecule has 2 aromatic rings. The van der Waals surface area contributed by atoms with E-state index < -0.39 is 5.97 Å². The van der Waals surface area contributed by atoms with Gasteiger partial charge in [0.2, 0.25) is 0 Å². The summed E-state index contributed by atoms with van der Waals surface area (Å²) in [4.78, 5) is 30.9. The molecule has 0 unspecified atom stereocenters. The number of hydrogen-bond acceptors (Lipinski definition) is 5. The molecule has 0 spiro atoms. The smallest absolute Gasteiger partial charge is 0.340 e. The van der Waals surface area contributed by atoms with E-state index in [1.165, 1.54) is 0 Å². The zero-order valence-electron chi connectivity index (χ0n) is 17.9. The van der Waals surface area contributed by atoms with Crippen LogP contribution >= 0.6 is 0 Å². The number of aryl methyl sites for hydroxylation is 1. The van der Waals surface area contributed by atoms with Crippen LogP contribution < -0.4 is 9.47 Å². The van der Waals surface area contributed by atoms with Gasteiger partial charge in [-0.05, 0) is 63.8 Å². The van der Waals surface area contributed by atoms with E-state index in [1.807, 2.05) is 36.9 Å². The molecule has 2 aliphatic heterocycles. The maximum atomic E-state index is 13.4. The fourth-order valence-corrected chi connectivity index (χ4v) is 4.31. The maximum absolute atomic E-state index is 13.4. The number of likely N-dealkylation sites (tertiary alicyclic amines) is 1. The summed E-state index contributed by atoms with van der Waals surface area (Å²) in [5.41, 5.74) is 3.22. The van der Waals surface area contributed by atoms with Crippen LogP contribution in [-0.2, 0) is 4.74 Å². The van der Waals surface area contributed by atoms with Gasteiger partial charge in [0.05, 0.1) is 17.7 Å². The lowest BCUT2D eigenvalue weighted by Crippen LogP contribution is -2.31. The van der Waals surface area contributed by atoms with Crippen LogP contribution in [0.5, 0.6) is 11.5 Å². The minimum atomic E-state index is -0.403. The molecule has 1 atom stereocenters. The van der Waals surface area contributed by atoms with Crippen molar-refractivity contribution in [1.29, 1.82) is 0 Å². The number of rotatable bonds is 4. The van der Waals surface area contributed by atoms with Crippen LogP contribution in [0.25, 0.3) is 0 Å². The molecule has 0 radical (unpaired) electrons. The number of ether oxygens (including phenoxy) is 3. The largest absolute Gasteiger partial charge is 0.486 e. The van der Waals surface area contributed by atoms with Crippen molar-refractivity contribution in [2.45, 2.75) is 52.7 Å². The van der Waals surface area contributed by atoms with Crippen molar-refractivity contribution in [2.75, 3.05) is 19.8 Å². The Hall–Kier alpha value is -2.96. The zero-order valence-corrected chi connectivity index (χ0v) is 17.9. The molecule has 160 valence electrons. The number of nitrogens with zero attached hydrogens (tertiary/aromatic N) is 1. The van der Waals surface area contributed by atoms with Gasteiger partial charge in [0.15, 0.2) is 11.5 Å². The first-order valence-electron chi connectivity index (χ1n) is 10.5. The highest BCUT2D eigenvalue weighted by atomic mass is 16.6. The third kappa shape index (κ3) is 3.64. The van der Waals surface area contributed by atoms with E-state index in [0.717, 1.165) is 29.9 Å². The van der Waals surface area contributed by atoms with Crippen molar-refractivity contribution in [1.82, 2.24) is 9.88 Å². The Morgan fingerprint density at radius 1 is 1.17 bits per heavy atom. The highest BCUT2D eigenvalue weighted by molar-refractivity contribution is 6.00. The lowest BCUT2D eigenvalue weighted by Gasteiger charge is -2.26. The number of H-pyrrole nitrogens is 1. The average Bonchev–Trinajstić information content (AvgIpc) is 3.31. The Morgan fingerprint density at radius 2 is 1.90 bits per heavy atom. The van der Waals surface area contributed by atoms with E-state index in [0.29, 0.717) is 42.3 Å². The summed E-state index contributed by atoms with van der Waals surface area (Å²) in [6.45, 7) is 8.95. The van der Waals surface area contributed by atoms with Gasteiger partial charge in [0, 0.05) is 12.2 Å². The van der Waals surface area contributed by atoms with Gasteiger partial charge in [-0.25, -0.2) is 4.79 Å². The van der Waals surface area contributed by atoms with Gasteiger partial charge in [0.25, 0.3) is 5.91 Å². The summed E-state index contributed by atoms with van der Waals surface area (Å²) in [6, 6.07) is 5.85. The number of benzene rings is 1. The second-order valence-electron chi connectivity index (χ2n) is 8.14. The first-order chi connectivity index (χ1) is 14.4. The number of nitrogens with one attached hydrogen (secondary N) is 1. The van der Waals surface area contributed by atoms with E-state index in [-0.39, 0.29) is 18.1 Å². The molecule has 2 aliphatic rings. The second kappa shape index (κ2) is 8.05. The van der Waals surface area contributed by atoms with Gasteiger partial charge >= 0.3 is 5.97 Å². The molecule has 1 saturated heterocycles. The molecule has 4 rings (SSSR count). The predicted molar refractivity (Wildman–Crippen MR) is 111 cm³/mol. The molecule has 7 nitrogen and oxygen atoms in total. The van der Waals surface area contributed by atoms with Crippen molar-refractivity contribution in [3.63, 3.8) is 0 Å². The van der Waals surface area contributed by atoms with Crippen LogP contribution in [0.3, 0.4) is 0 Å². The summed E-state index contributed by atoms with van der Waals surface area (Å²) in [5.74, 6) is 0.963. The molecule has 1 aromatic heterocycles. The molecular formula is C23H28N2O5. The topological polar surface area (TPSA) is 80.9 Å². The van der Waals surface area contributed by atoms with Gasteiger partial charge in [-0.2, -0.15) is 0 Å². The molecule has 30 heavy (non-hydrogen) atoms. The summed E-state index contributed by atoms with van der Waals surface area (Å²) >= 11 is 0. The SMILES string of the molecule is Cc1[nH]c(C(=O)N2CCC[C@H]2c2ccc3c(c2)OCCO3)c(C)c1C(=O)OC(C)C. The highest BCUT2D eigenvalue weighted by Gasteiger charge is 2.34. The van der Waals surface area contributed by atoms with Crippen LogP contribution in [0.15, 0.2) is 18.2 Å². The lowest BCUT2D eigenvalue weighted by atomic mass is 10.0. The molecule has 0 aliphatic carbocycles. The molecule has 1 fully saturated rings. The third-order valence-corrected chi connectivity index (χ3v) is 5.66. The van der Waals surface area contributed by atoms with E-state index in [2.05, 4.69) is 4.98 Å². The number of aromatic amines is 1. The zero-order chi connectivity index (χ0) is 21.4. The Labute approximate surface area is 176 Å². The summed E-state index contributed by atoms with van der Waals surface area (Å²) in [6.07, 6.45) is 1.58. The average molecular weight is 412 g/mol. The van der Waals surface area contributed by atoms with Gasteiger partial charge in [0.1, 0.15) is 18.9 Å². The van der Waals surface area contributed by atoms with Crippen LogP contribution in [-0.4, -0.2) is 47.6 Å². The number of hydrogen-bond donors (Lipinski definition) is 1. The Balaban J connectivity index is 1.61. The summed E-state index contributed by atoms with van der Waals surface area (Å²) in [7, 11) is 0. The fraction of sp³-hybridized carbons (Fsp3) is 0.478. The van der Waals surface area contributed by atoms with Crippen molar-refractivity contribution >= 4 is 11.9 Å². The number of aromatic nitrogens is 1. The lowest BCUT2D eigenvalue weighted by molar-refractivity contribution is 0.0376. The number of esters is 1. The third-order valence-electron chi connectivity index (χ3n) is 5.66. The van der Waals surface area contributed by atoms with Crippen molar-refractivity contribution in [2.24, 2.45) is 0 Å². The van der Waals surface area contributed by atoms with Crippen LogP contribution in [0.4, 0.5) is 0 Å². The quantitative estimate of drug-likeness (QED) is 0.769. The van der Waals surface area contributed by atoms with E-state index in [4.69, 9.17) is 14.2 Å². The van der Waals surface area contributed by atoms with Crippen molar-refractivity contribution < 1.29 is 23.8 Å². The van der Waals surface area contributed by atoms with E-state index in [1.54, 1.807) is 13.8 Å². The van der Waals surface area contributed by atoms with Crippen LogP contribution in [0.2, 0.25) is 0 Å². The molecule has 1 amide bonds. The summed E-state index contributed by atoms with van der Waals surface area (Å²) < 4.78 is 16.7. The second-order valence-corrected chi connectivity index (χ2v) is 8.14. The van der Waals surface area contributed by atoms with Crippen molar-refractivity contribution in [3.8, 4) is 11.5 Å². The van der Waals surface area contributed by atoms with E-state index >= 15 is 0 Å². The van der Waals surface area contributed by atoms with Crippen LogP contribution in [0.1, 0.15) is 70.4 Å². The predicted octanol–water partition coefficient (Wildman–Crippen LogP) is 3.95. The standard InChI is InChI=1S/C23H28N2O5/c1-13(2)30-23(27)20-14(3)21(24-15(20)4)22(26)25-9-5-6-17(25)16-7-8-18-19(12-16)29-11-10-28-18/h7-8,12-13,17,24H,5-6,9-11H2,1-4H3/t17-/m0/s1. The Morgan fingerprint density at radius 3 is 2.63 bits per heavy atom. The van der Waals surface area contributed by atoms with Gasteiger partial charge < -0.3 is 24.1 Å². The first-order valence-corrected chi connectivity index (χ1v) is 10.5. The minimum absolute atomic E-state index is 0.0394. The molecule has 0 bridgehead atoms. The molecule has 3 heterocycles. The Kier molecular flexibility index (Phi) is 5.45. The molecule has 1 aromatic carbocycles. The highest BCUT2D eigenvalue weighted by Crippen LogP contribution is 2.39. The van der Waals surface area contributed by atoms with E-state index in [9.17, 15) is 9.59 Å². The fourth-order valence-electron chi connectivity index (χ4n) is 4.31. The Bertz CT molecular complexity index is 978. The number of carbonyl (C=O) groups is 2. The minimum Gasteiger partial charge on any atom is -0.486 e. The molecule has 7 heteroatoms. The summed E-state index contributed by atoms with van der Waals surface area (Å²) in [5, 5.41) is 0. The maximum Gasteiger partial charge on any atom is 0.340 e. The number of amides is 1. The van der Waals surface area contributed by atoms with Gasteiger partial charge in [-0.1, -0.05) is 6.07 Å².